The quantitative estimate of drug-likeness (QED) is 0.587. The van der Waals surface area contributed by atoms with E-state index in [1.807, 2.05) is 0 Å². The largest absolute Gasteiger partial charge is 0.465 e. The number of hydrogen-bond donors (Lipinski definition) is 2. The summed E-state index contributed by atoms with van der Waals surface area (Å²) < 4.78 is 5.06. The summed E-state index contributed by atoms with van der Waals surface area (Å²) in [4.78, 5) is 10.0. The fraction of sp³-hybridized carbons (Fsp3) is 0.833. The topological polar surface area (TPSA) is 58.6 Å². The van der Waals surface area contributed by atoms with E-state index in [1.54, 1.807) is 0 Å². The molecule has 58 valence electrons. The maximum Gasteiger partial charge on any atom is 0.404 e. The van der Waals surface area contributed by atoms with E-state index in [2.05, 4.69) is 5.32 Å². The standard InChI is InChI=1S/C6H11NO3/c8-6(9)7-3-5-1-2-10-4-5/h5,7H,1-4H2,(H,8,9)/t5-/m1/s1. The molecule has 10 heavy (non-hydrogen) atoms. The summed E-state index contributed by atoms with van der Waals surface area (Å²) >= 11 is 0. The molecule has 0 spiro atoms. The van der Waals surface area contributed by atoms with Crippen LogP contribution in [0.5, 0.6) is 0 Å². The van der Waals surface area contributed by atoms with Crippen LogP contribution in [0.4, 0.5) is 4.79 Å². The number of rotatable bonds is 2. The second-order valence-electron chi connectivity index (χ2n) is 2.42. The highest BCUT2D eigenvalue weighted by molar-refractivity contribution is 5.64. The minimum absolute atomic E-state index is 0.385. The van der Waals surface area contributed by atoms with Crippen molar-refractivity contribution < 1.29 is 14.6 Å². The molecule has 0 unspecified atom stereocenters. The van der Waals surface area contributed by atoms with Crippen molar-refractivity contribution in [2.45, 2.75) is 6.42 Å². The van der Waals surface area contributed by atoms with Gasteiger partial charge in [-0.05, 0) is 6.42 Å². The van der Waals surface area contributed by atoms with Gasteiger partial charge in [0.25, 0.3) is 0 Å². The fourth-order valence-corrected chi connectivity index (χ4v) is 0.976. The molecule has 1 aliphatic rings. The average Bonchev–Trinajstić information content (AvgIpc) is 2.34. The Bertz CT molecular complexity index is 120. The second-order valence-corrected chi connectivity index (χ2v) is 2.42. The Morgan fingerprint density at radius 1 is 1.80 bits per heavy atom. The van der Waals surface area contributed by atoms with E-state index in [4.69, 9.17) is 9.84 Å². The number of nitrogens with one attached hydrogen (secondary N) is 1. The molecule has 1 rings (SSSR count). The highest BCUT2D eigenvalue weighted by Crippen LogP contribution is 2.10. The predicted molar refractivity (Wildman–Crippen MR) is 35.0 cm³/mol. The van der Waals surface area contributed by atoms with Gasteiger partial charge >= 0.3 is 6.09 Å². The monoisotopic (exact) mass is 145 g/mol. The van der Waals surface area contributed by atoms with E-state index in [0.717, 1.165) is 13.0 Å². The van der Waals surface area contributed by atoms with Crippen molar-refractivity contribution in [3.63, 3.8) is 0 Å². The first-order chi connectivity index (χ1) is 4.79. The third-order valence-electron chi connectivity index (χ3n) is 1.57. The van der Waals surface area contributed by atoms with E-state index < -0.39 is 6.09 Å². The first-order valence-electron chi connectivity index (χ1n) is 3.33. The summed E-state index contributed by atoms with van der Waals surface area (Å²) in [6, 6.07) is 0. The van der Waals surface area contributed by atoms with Crippen molar-refractivity contribution in [2.24, 2.45) is 5.92 Å². The van der Waals surface area contributed by atoms with Gasteiger partial charge in [-0.3, -0.25) is 0 Å². The number of carbonyl (C=O) groups is 1. The number of carboxylic acid groups (broad SMARTS) is 1. The van der Waals surface area contributed by atoms with E-state index in [1.165, 1.54) is 0 Å². The molecule has 2 N–H and O–H groups in total. The van der Waals surface area contributed by atoms with Crippen molar-refractivity contribution in [2.75, 3.05) is 19.8 Å². The van der Waals surface area contributed by atoms with Crippen molar-refractivity contribution in [3.05, 3.63) is 0 Å². The second kappa shape index (κ2) is 3.41. The van der Waals surface area contributed by atoms with Crippen LogP contribution in [0.2, 0.25) is 0 Å². The van der Waals surface area contributed by atoms with E-state index in [0.29, 0.717) is 19.1 Å². The van der Waals surface area contributed by atoms with Crippen molar-refractivity contribution in [1.82, 2.24) is 5.32 Å². The van der Waals surface area contributed by atoms with Crippen LogP contribution in [0.3, 0.4) is 0 Å². The number of amides is 1. The highest BCUT2D eigenvalue weighted by Gasteiger charge is 2.15. The maximum atomic E-state index is 10.0. The van der Waals surface area contributed by atoms with Gasteiger partial charge in [-0.2, -0.15) is 0 Å². The van der Waals surface area contributed by atoms with E-state index >= 15 is 0 Å². The lowest BCUT2D eigenvalue weighted by Gasteiger charge is -2.05. The number of hydrogen-bond acceptors (Lipinski definition) is 2. The van der Waals surface area contributed by atoms with Gasteiger partial charge in [0.2, 0.25) is 0 Å². The Kier molecular flexibility index (Phi) is 2.50. The fourth-order valence-electron chi connectivity index (χ4n) is 0.976. The summed E-state index contributed by atoms with van der Waals surface area (Å²) in [5.74, 6) is 0.385. The molecular weight excluding hydrogens is 134 g/mol. The van der Waals surface area contributed by atoms with Crippen LogP contribution in [0, 0.1) is 5.92 Å². The summed E-state index contributed by atoms with van der Waals surface area (Å²) in [6.07, 6.45) is 0.0206. The summed E-state index contributed by atoms with van der Waals surface area (Å²) in [7, 11) is 0. The zero-order chi connectivity index (χ0) is 7.40. The van der Waals surface area contributed by atoms with Crippen LogP contribution in [0.1, 0.15) is 6.42 Å². The van der Waals surface area contributed by atoms with Gasteiger partial charge in [-0.25, -0.2) is 4.79 Å². The molecular formula is C6H11NO3. The van der Waals surface area contributed by atoms with Gasteiger partial charge in [0, 0.05) is 19.1 Å². The summed E-state index contributed by atoms with van der Waals surface area (Å²) in [5, 5.41) is 10.5. The van der Waals surface area contributed by atoms with Crippen LogP contribution < -0.4 is 5.32 Å². The molecule has 0 aliphatic carbocycles. The van der Waals surface area contributed by atoms with E-state index in [-0.39, 0.29) is 0 Å². The van der Waals surface area contributed by atoms with Crippen molar-refractivity contribution in [1.29, 1.82) is 0 Å². The third kappa shape index (κ3) is 2.23. The van der Waals surface area contributed by atoms with Gasteiger partial charge < -0.3 is 15.2 Å². The zero-order valence-corrected chi connectivity index (χ0v) is 5.67. The Morgan fingerprint density at radius 2 is 2.60 bits per heavy atom. The van der Waals surface area contributed by atoms with Gasteiger partial charge in [0.05, 0.1) is 6.61 Å². The molecule has 0 saturated carbocycles. The molecule has 1 fully saturated rings. The molecule has 4 heteroatoms. The van der Waals surface area contributed by atoms with Crippen LogP contribution >= 0.6 is 0 Å². The smallest absolute Gasteiger partial charge is 0.404 e. The molecule has 0 aromatic heterocycles. The third-order valence-corrected chi connectivity index (χ3v) is 1.57. The Labute approximate surface area is 59.2 Å². The molecule has 4 nitrogen and oxygen atoms in total. The Hall–Kier alpha value is -0.770. The van der Waals surface area contributed by atoms with Gasteiger partial charge in [0.1, 0.15) is 0 Å². The lowest BCUT2D eigenvalue weighted by Crippen LogP contribution is -2.27. The van der Waals surface area contributed by atoms with Gasteiger partial charge in [-0.15, -0.1) is 0 Å². The zero-order valence-electron chi connectivity index (χ0n) is 5.67. The Morgan fingerprint density at radius 3 is 3.10 bits per heavy atom. The van der Waals surface area contributed by atoms with Crippen LogP contribution in [0.25, 0.3) is 0 Å². The van der Waals surface area contributed by atoms with E-state index in [9.17, 15) is 4.79 Å². The molecule has 1 saturated heterocycles. The predicted octanol–water partition coefficient (Wildman–Crippen LogP) is 0.290. The van der Waals surface area contributed by atoms with Gasteiger partial charge in [0.15, 0.2) is 0 Å². The molecule has 0 aromatic rings. The summed E-state index contributed by atoms with van der Waals surface area (Å²) in [6.45, 7) is 1.99. The maximum absolute atomic E-state index is 10.0. The molecule has 1 atom stereocenters. The molecule has 1 heterocycles. The van der Waals surface area contributed by atoms with Crippen LogP contribution in [-0.4, -0.2) is 31.0 Å². The van der Waals surface area contributed by atoms with Crippen molar-refractivity contribution >= 4 is 6.09 Å². The van der Waals surface area contributed by atoms with Crippen molar-refractivity contribution in [3.8, 4) is 0 Å². The normalized spacial score (nSPS) is 24.6. The SMILES string of the molecule is O=C(O)NC[C@H]1CCOC1. The van der Waals surface area contributed by atoms with Gasteiger partial charge in [-0.1, -0.05) is 0 Å². The van der Waals surface area contributed by atoms with Crippen LogP contribution in [-0.2, 0) is 4.74 Å². The van der Waals surface area contributed by atoms with Crippen LogP contribution in [0.15, 0.2) is 0 Å². The average molecular weight is 145 g/mol. The molecule has 0 bridgehead atoms. The first kappa shape index (κ1) is 7.34. The lowest BCUT2D eigenvalue weighted by atomic mass is 10.1. The highest BCUT2D eigenvalue weighted by atomic mass is 16.5. The molecule has 1 aliphatic heterocycles. The molecule has 0 aromatic carbocycles. The Balaban J connectivity index is 2.07. The lowest BCUT2D eigenvalue weighted by molar-refractivity contribution is 0.179. The number of ether oxygens (including phenoxy) is 1. The first-order valence-corrected chi connectivity index (χ1v) is 3.33. The minimum Gasteiger partial charge on any atom is -0.465 e. The molecule has 1 amide bonds. The summed E-state index contributed by atoms with van der Waals surface area (Å²) in [5.41, 5.74) is 0. The molecule has 0 radical (unpaired) electrons. The minimum atomic E-state index is -0.952.